The number of hydrogen-bond donors (Lipinski definition) is 1. The highest BCUT2D eigenvalue weighted by atomic mass is 35.5. The van der Waals surface area contributed by atoms with E-state index >= 15 is 0 Å². The van der Waals surface area contributed by atoms with Gasteiger partial charge in [-0.1, -0.05) is 0 Å². The van der Waals surface area contributed by atoms with Gasteiger partial charge in [-0.25, -0.2) is 0 Å². The van der Waals surface area contributed by atoms with Gasteiger partial charge in [0.1, 0.15) is 5.76 Å². The van der Waals surface area contributed by atoms with Crippen molar-refractivity contribution >= 4 is 11.6 Å². The number of halogens is 1. The molecule has 0 aromatic carbocycles. The lowest BCUT2D eigenvalue weighted by Crippen LogP contribution is -2.17. The highest BCUT2D eigenvalue weighted by Crippen LogP contribution is 2.15. The van der Waals surface area contributed by atoms with E-state index in [2.05, 4.69) is 17.2 Å². The Morgan fingerprint density at radius 2 is 2.06 bits per heavy atom. The van der Waals surface area contributed by atoms with Gasteiger partial charge < -0.3 is 9.73 Å². The molecule has 2 heterocycles. The van der Waals surface area contributed by atoms with E-state index < -0.39 is 0 Å². The number of nitrogens with zero attached hydrogens (tertiary/aromatic N) is 1. The lowest BCUT2D eigenvalue weighted by Gasteiger charge is -2.12. The molecule has 0 saturated heterocycles. The third-order valence-corrected chi connectivity index (χ3v) is 2.62. The summed E-state index contributed by atoms with van der Waals surface area (Å²) in [5, 5.41) is 3.77. The highest BCUT2D eigenvalue weighted by molar-refractivity contribution is 6.28. The van der Waals surface area contributed by atoms with Gasteiger partial charge >= 0.3 is 0 Å². The number of aromatic nitrogens is 1. The third-order valence-electron chi connectivity index (χ3n) is 2.42. The maximum atomic E-state index is 5.69. The number of furan rings is 1. The summed E-state index contributed by atoms with van der Waals surface area (Å²) in [6, 6.07) is 7.86. The van der Waals surface area contributed by atoms with Gasteiger partial charge in [-0.05, 0) is 48.4 Å². The minimum atomic E-state index is 0.256. The molecule has 4 heteroatoms. The van der Waals surface area contributed by atoms with Gasteiger partial charge in [0.05, 0.1) is 6.54 Å². The first kappa shape index (κ1) is 11.2. The van der Waals surface area contributed by atoms with Crippen LogP contribution in [-0.4, -0.2) is 4.98 Å². The molecule has 1 N–H and O–H groups in total. The van der Waals surface area contributed by atoms with Crippen molar-refractivity contribution in [3.05, 3.63) is 53.2 Å². The summed E-state index contributed by atoms with van der Waals surface area (Å²) in [5.41, 5.74) is 1.20. The van der Waals surface area contributed by atoms with Crippen LogP contribution in [0.5, 0.6) is 0 Å². The van der Waals surface area contributed by atoms with E-state index in [1.165, 1.54) is 5.56 Å². The van der Waals surface area contributed by atoms with Crippen LogP contribution in [0.25, 0.3) is 0 Å². The molecule has 0 aliphatic carbocycles. The van der Waals surface area contributed by atoms with Crippen LogP contribution in [0.2, 0.25) is 5.22 Å². The topological polar surface area (TPSA) is 38.1 Å². The minimum Gasteiger partial charge on any atom is -0.448 e. The van der Waals surface area contributed by atoms with E-state index in [1.54, 1.807) is 18.5 Å². The molecular formula is C12H13ClN2O. The average molecular weight is 237 g/mol. The van der Waals surface area contributed by atoms with E-state index in [1.807, 2.05) is 18.2 Å². The molecule has 0 amide bonds. The van der Waals surface area contributed by atoms with Crippen molar-refractivity contribution < 1.29 is 4.42 Å². The zero-order chi connectivity index (χ0) is 11.4. The second kappa shape index (κ2) is 5.14. The van der Waals surface area contributed by atoms with Gasteiger partial charge in [0.25, 0.3) is 0 Å². The van der Waals surface area contributed by atoms with E-state index in [9.17, 15) is 0 Å². The molecule has 0 fully saturated rings. The van der Waals surface area contributed by atoms with Crippen LogP contribution in [0.1, 0.15) is 24.3 Å². The van der Waals surface area contributed by atoms with E-state index in [4.69, 9.17) is 16.0 Å². The molecule has 3 nitrogen and oxygen atoms in total. The molecule has 0 saturated carbocycles. The largest absolute Gasteiger partial charge is 0.448 e. The van der Waals surface area contributed by atoms with Crippen LogP contribution in [0.15, 0.2) is 41.1 Å². The molecule has 0 spiro atoms. The molecule has 2 rings (SSSR count). The average Bonchev–Trinajstić information content (AvgIpc) is 2.73. The lowest BCUT2D eigenvalue weighted by atomic mass is 10.1. The van der Waals surface area contributed by atoms with Gasteiger partial charge in [0.2, 0.25) is 0 Å². The zero-order valence-electron chi connectivity index (χ0n) is 8.98. The van der Waals surface area contributed by atoms with Crippen molar-refractivity contribution in [2.75, 3.05) is 0 Å². The van der Waals surface area contributed by atoms with E-state index in [-0.39, 0.29) is 6.04 Å². The summed E-state index contributed by atoms with van der Waals surface area (Å²) in [5.74, 6) is 0.839. The Hall–Kier alpha value is -1.32. The van der Waals surface area contributed by atoms with Crippen molar-refractivity contribution in [2.45, 2.75) is 19.5 Å². The van der Waals surface area contributed by atoms with Crippen molar-refractivity contribution in [1.82, 2.24) is 10.3 Å². The van der Waals surface area contributed by atoms with Gasteiger partial charge in [-0.3, -0.25) is 4.98 Å². The number of rotatable bonds is 4. The molecule has 2 aromatic rings. The number of hydrogen-bond acceptors (Lipinski definition) is 3. The summed E-state index contributed by atoms with van der Waals surface area (Å²) >= 11 is 5.69. The lowest BCUT2D eigenvalue weighted by molar-refractivity contribution is 0.461. The molecule has 0 aliphatic heterocycles. The van der Waals surface area contributed by atoms with Gasteiger partial charge in [0, 0.05) is 18.4 Å². The van der Waals surface area contributed by atoms with Crippen molar-refractivity contribution in [2.24, 2.45) is 0 Å². The fraction of sp³-hybridized carbons (Fsp3) is 0.250. The Kier molecular flexibility index (Phi) is 3.59. The maximum Gasteiger partial charge on any atom is 0.193 e. The number of pyridine rings is 1. The quantitative estimate of drug-likeness (QED) is 0.886. The summed E-state index contributed by atoms with van der Waals surface area (Å²) in [6.45, 7) is 2.76. The third kappa shape index (κ3) is 2.84. The van der Waals surface area contributed by atoms with E-state index in [0.29, 0.717) is 11.8 Å². The highest BCUT2D eigenvalue weighted by Gasteiger charge is 2.05. The van der Waals surface area contributed by atoms with Crippen molar-refractivity contribution in [1.29, 1.82) is 0 Å². The molecule has 0 bridgehead atoms. The Balaban J connectivity index is 1.91. The van der Waals surface area contributed by atoms with Crippen LogP contribution in [0.3, 0.4) is 0 Å². The molecular weight excluding hydrogens is 224 g/mol. The summed E-state index contributed by atoms with van der Waals surface area (Å²) in [4.78, 5) is 3.99. The Labute approximate surface area is 99.5 Å². The van der Waals surface area contributed by atoms with Crippen LogP contribution in [0, 0.1) is 0 Å². The van der Waals surface area contributed by atoms with Crippen molar-refractivity contribution in [3.63, 3.8) is 0 Å². The fourth-order valence-corrected chi connectivity index (χ4v) is 1.63. The predicted octanol–water partition coefficient (Wildman–Crippen LogP) is 3.18. The Morgan fingerprint density at radius 3 is 2.69 bits per heavy atom. The second-order valence-corrected chi connectivity index (χ2v) is 3.96. The first-order valence-electron chi connectivity index (χ1n) is 5.13. The molecule has 16 heavy (non-hydrogen) atoms. The van der Waals surface area contributed by atoms with Gasteiger partial charge in [-0.2, -0.15) is 0 Å². The zero-order valence-corrected chi connectivity index (χ0v) is 9.74. The SMILES string of the molecule is CC(NCc1ccc(Cl)o1)c1ccncc1. The second-order valence-electron chi connectivity index (χ2n) is 3.59. The van der Waals surface area contributed by atoms with Gasteiger partial charge in [-0.15, -0.1) is 0 Å². The Morgan fingerprint density at radius 1 is 1.31 bits per heavy atom. The first-order chi connectivity index (χ1) is 7.75. The van der Waals surface area contributed by atoms with E-state index in [0.717, 1.165) is 5.76 Å². The first-order valence-corrected chi connectivity index (χ1v) is 5.51. The summed E-state index contributed by atoms with van der Waals surface area (Å²) in [6.07, 6.45) is 3.58. The molecule has 2 aromatic heterocycles. The fourth-order valence-electron chi connectivity index (χ4n) is 1.47. The van der Waals surface area contributed by atoms with Gasteiger partial charge in [0.15, 0.2) is 5.22 Å². The smallest absolute Gasteiger partial charge is 0.193 e. The normalized spacial score (nSPS) is 12.6. The number of nitrogens with one attached hydrogen (secondary N) is 1. The molecule has 0 radical (unpaired) electrons. The molecule has 1 atom stereocenters. The van der Waals surface area contributed by atoms with Crippen LogP contribution >= 0.6 is 11.6 Å². The predicted molar refractivity (Wildman–Crippen MR) is 63.2 cm³/mol. The summed E-state index contributed by atoms with van der Waals surface area (Å²) < 4.78 is 5.26. The van der Waals surface area contributed by atoms with Crippen molar-refractivity contribution in [3.8, 4) is 0 Å². The molecule has 0 aliphatic rings. The molecule has 1 unspecified atom stereocenters. The van der Waals surface area contributed by atoms with Crippen LogP contribution in [-0.2, 0) is 6.54 Å². The molecule has 84 valence electrons. The monoisotopic (exact) mass is 236 g/mol. The van der Waals surface area contributed by atoms with Crippen LogP contribution < -0.4 is 5.32 Å². The standard InChI is InChI=1S/C12H13ClN2O/c1-9(10-4-6-14-7-5-10)15-8-11-2-3-12(13)16-11/h2-7,9,15H,8H2,1H3. The Bertz CT molecular complexity index is 441. The summed E-state index contributed by atoms with van der Waals surface area (Å²) in [7, 11) is 0. The maximum absolute atomic E-state index is 5.69. The van der Waals surface area contributed by atoms with Crippen LogP contribution in [0.4, 0.5) is 0 Å². The minimum absolute atomic E-state index is 0.256.